The van der Waals surface area contributed by atoms with Crippen molar-refractivity contribution in [3.8, 4) is 0 Å². The molecule has 0 radical (unpaired) electrons. The summed E-state index contributed by atoms with van der Waals surface area (Å²) in [6.45, 7) is 4.01. The number of ether oxygens (including phenoxy) is 3. The topological polar surface area (TPSA) is 61.8 Å². The van der Waals surface area contributed by atoms with Gasteiger partial charge in [0, 0.05) is 18.1 Å². The quantitative estimate of drug-likeness (QED) is 0.183. The van der Waals surface area contributed by atoms with Crippen LogP contribution >= 0.6 is 11.8 Å². The lowest BCUT2D eigenvalue weighted by Crippen LogP contribution is -2.22. The fourth-order valence-electron chi connectivity index (χ4n) is 3.00. The van der Waals surface area contributed by atoms with Crippen molar-refractivity contribution in [3.63, 3.8) is 0 Å². The van der Waals surface area contributed by atoms with Crippen LogP contribution in [0.5, 0.6) is 0 Å². The molecule has 1 heterocycles. The standard InChI is InChI=1S/C23H34O5S/c1-2-3-14-26-22(25)17-20(24)18-29-21-12-10-19(11-13-21)8-4-6-15-27-23-9-5-7-16-28-23/h10-13,23H,2-9,14-18H2,1H3. The van der Waals surface area contributed by atoms with Gasteiger partial charge in [0.25, 0.3) is 0 Å². The van der Waals surface area contributed by atoms with E-state index in [4.69, 9.17) is 14.2 Å². The number of unbranched alkanes of at least 4 members (excludes halogenated alkanes) is 2. The van der Waals surface area contributed by atoms with E-state index in [2.05, 4.69) is 12.1 Å². The van der Waals surface area contributed by atoms with Crippen molar-refractivity contribution in [1.82, 2.24) is 0 Å². The molecule has 0 N–H and O–H groups in total. The van der Waals surface area contributed by atoms with Crippen LogP contribution < -0.4 is 0 Å². The third kappa shape index (κ3) is 10.8. The number of aryl methyl sites for hydroxylation is 1. The summed E-state index contributed by atoms with van der Waals surface area (Å²) >= 11 is 1.46. The van der Waals surface area contributed by atoms with Gasteiger partial charge in [-0.25, -0.2) is 0 Å². The number of esters is 1. The van der Waals surface area contributed by atoms with Gasteiger partial charge < -0.3 is 14.2 Å². The van der Waals surface area contributed by atoms with E-state index in [0.717, 1.165) is 63.1 Å². The van der Waals surface area contributed by atoms with Crippen LogP contribution in [0, 0.1) is 0 Å². The normalized spacial score (nSPS) is 16.5. The lowest BCUT2D eigenvalue weighted by Gasteiger charge is -2.22. The van der Waals surface area contributed by atoms with Crippen LogP contribution in [0.4, 0.5) is 0 Å². The second-order valence-corrected chi connectivity index (χ2v) is 8.39. The number of hydrogen-bond donors (Lipinski definition) is 0. The fraction of sp³-hybridized carbons (Fsp3) is 0.652. The van der Waals surface area contributed by atoms with Crippen LogP contribution in [0.1, 0.15) is 63.9 Å². The number of carbonyl (C=O) groups excluding carboxylic acids is 2. The second kappa shape index (κ2) is 14.6. The van der Waals surface area contributed by atoms with Gasteiger partial charge in [0.1, 0.15) is 6.42 Å². The first-order valence-electron chi connectivity index (χ1n) is 10.8. The summed E-state index contributed by atoms with van der Waals surface area (Å²) in [5, 5.41) is 0. The molecule has 1 aromatic rings. The smallest absolute Gasteiger partial charge is 0.313 e. The van der Waals surface area contributed by atoms with Crippen molar-refractivity contribution in [2.24, 2.45) is 0 Å². The summed E-state index contributed by atoms with van der Waals surface area (Å²) in [5.41, 5.74) is 1.29. The number of carbonyl (C=O) groups is 2. The SMILES string of the molecule is CCCCOC(=O)CC(=O)CSc1ccc(CCCCOC2CCCCO2)cc1. The van der Waals surface area contributed by atoms with E-state index in [1.165, 1.54) is 23.7 Å². The van der Waals surface area contributed by atoms with E-state index >= 15 is 0 Å². The van der Waals surface area contributed by atoms with Gasteiger partial charge in [0.15, 0.2) is 12.1 Å². The van der Waals surface area contributed by atoms with Gasteiger partial charge in [-0.2, -0.15) is 0 Å². The Morgan fingerprint density at radius 2 is 1.93 bits per heavy atom. The molecule has 0 bridgehead atoms. The molecule has 1 atom stereocenters. The molecule has 6 heteroatoms. The Morgan fingerprint density at radius 3 is 2.66 bits per heavy atom. The maximum absolute atomic E-state index is 11.9. The molecule has 0 amide bonds. The lowest BCUT2D eigenvalue weighted by molar-refractivity contribution is -0.162. The monoisotopic (exact) mass is 422 g/mol. The van der Waals surface area contributed by atoms with Gasteiger partial charge >= 0.3 is 5.97 Å². The number of hydrogen-bond acceptors (Lipinski definition) is 6. The zero-order valence-corrected chi connectivity index (χ0v) is 18.3. The van der Waals surface area contributed by atoms with Crippen molar-refractivity contribution in [1.29, 1.82) is 0 Å². The van der Waals surface area contributed by atoms with E-state index < -0.39 is 5.97 Å². The van der Waals surface area contributed by atoms with E-state index in [1.807, 2.05) is 19.1 Å². The lowest BCUT2D eigenvalue weighted by atomic mass is 10.1. The maximum atomic E-state index is 11.9. The molecule has 1 aromatic carbocycles. The molecular formula is C23H34O5S. The molecule has 1 fully saturated rings. The molecule has 29 heavy (non-hydrogen) atoms. The molecule has 1 aliphatic heterocycles. The minimum absolute atomic E-state index is 0.000894. The van der Waals surface area contributed by atoms with Crippen LogP contribution in [0.15, 0.2) is 29.2 Å². The largest absolute Gasteiger partial charge is 0.465 e. The molecular weight excluding hydrogens is 388 g/mol. The van der Waals surface area contributed by atoms with E-state index in [9.17, 15) is 9.59 Å². The van der Waals surface area contributed by atoms with E-state index in [1.54, 1.807) is 0 Å². The summed E-state index contributed by atoms with van der Waals surface area (Å²) in [7, 11) is 0. The molecule has 5 nitrogen and oxygen atoms in total. The highest BCUT2D eigenvalue weighted by Crippen LogP contribution is 2.20. The molecule has 162 valence electrons. The third-order valence-corrected chi connectivity index (χ3v) is 5.80. The molecule has 1 aliphatic rings. The van der Waals surface area contributed by atoms with Crippen LogP contribution in [0.2, 0.25) is 0 Å². The summed E-state index contributed by atoms with van der Waals surface area (Å²) in [5.74, 6) is -0.219. The van der Waals surface area contributed by atoms with Crippen molar-refractivity contribution in [2.75, 3.05) is 25.6 Å². The average Bonchev–Trinajstić information content (AvgIpc) is 2.74. The first kappa shape index (κ1) is 23.9. The van der Waals surface area contributed by atoms with Gasteiger partial charge in [0.05, 0.1) is 12.4 Å². The first-order chi connectivity index (χ1) is 14.2. The Bertz CT molecular complexity index is 596. The van der Waals surface area contributed by atoms with Gasteiger partial charge in [-0.3, -0.25) is 9.59 Å². The Morgan fingerprint density at radius 1 is 1.10 bits per heavy atom. The number of benzene rings is 1. The van der Waals surface area contributed by atoms with Gasteiger partial charge in [0.2, 0.25) is 0 Å². The molecule has 0 saturated carbocycles. The molecule has 2 rings (SSSR count). The van der Waals surface area contributed by atoms with Crippen LogP contribution in [0.25, 0.3) is 0 Å². The molecule has 0 aliphatic carbocycles. The maximum Gasteiger partial charge on any atom is 0.313 e. The predicted octanol–water partition coefficient (Wildman–Crippen LogP) is 4.95. The Balaban J connectivity index is 1.55. The second-order valence-electron chi connectivity index (χ2n) is 7.35. The Kier molecular flexibility index (Phi) is 12.0. The third-order valence-electron chi connectivity index (χ3n) is 4.73. The molecule has 1 saturated heterocycles. The summed E-state index contributed by atoms with van der Waals surface area (Å²) in [4.78, 5) is 24.5. The number of ketones is 1. The van der Waals surface area contributed by atoms with E-state index in [-0.39, 0.29) is 18.5 Å². The van der Waals surface area contributed by atoms with Crippen molar-refractivity contribution in [2.45, 2.75) is 75.9 Å². The summed E-state index contributed by atoms with van der Waals surface area (Å²) in [6, 6.07) is 8.30. The van der Waals surface area contributed by atoms with E-state index in [0.29, 0.717) is 12.4 Å². The van der Waals surface area contributed by atoms with Crippen LogP contribution in [-0.4, -0.2) is 43.6 Å². The Labute approximate surface area is 178 Å². The fourth-order valence-corrected chi connectivity index (χ4v) is 3.76. The van der Waals surface area contributed by atoms with Gasteiger partial charge in [-0.05, 0) is 62.6 Å². The first-order valence-corrected chi connectivity index (χ1v) is 11.8. The van der Waals surface area contributed by atoms with Crippen molar-refractivity contribution >= 4 is 23.5 Å². The Hall–Kier alpha value is -1.37. The van der Waals surface area contributed by atoms with Crippen LogP contribution in [0.3, 0.4) is 0 Å². The highest BCUT2D eigenvalue weighted by atomic mass is 32.2. The minimum Gasteiger partial charge on any atom is -0.465 e. The number of rotatable bonds is 14. The highest BCUT2D eigenvalue weighted by Gasteiger charge is 2.13. The highest BCUT2D eigenvalue weighted by molar-refractivity contribution is 8.00. The molecule has 0 spiro atoms. The number of thioether (sulfide) groups is 1. The number of Topliss-reactive ketones (excluding diaryl/α,β-unsaturated/α-hetero) is 1. The zero-order chi connectivity index (χ0) is 20.7. The minimum atomic E-state index is -0.418. The zero-order valence-electron chi connectivity index (χ0n) is 17.5. The van der Waals surface area contributed by atoms with Crippen LogP contribution in [-0.2, 0) is 30.2 Å². The van der Waals surface area contributed by atoms with Crippen molar-refractivity contribution in [3.05, 3.63) is 29.8 Å². The average molecular weight is 423 g/mol. The molecule has 0 aromatic heterocycles. The predicted molar refractivity (Wildman–Crippen MR) is 115 cm³/mol. The summed E-state index contributed by atoms with van der Waals surface area (Å²) < 4.78 is 16.3. The van der Waals surface area contributed by atoms with Gasteiger partial charge in [-0.1, -0.05) is 25.5 Å². The van der Waals surface area contributed by atoms with Gasteiger partial charge in [-0.15, -0.1) is 11.8 Å². The summed E-state index contributed by atoms with van der Waals surface area (Å²) in [6.07, 6.45) is 8.15. The van der Waals surface area contributed by atoms with Crippen molar-refractivity contribution < 1.29 is 23.8 Å². The molecule has 1 unspecified atom stereocenters.